The van der Waals surface area contributed by atoms with Gasteiger partial charge in [-0.3, -0.25) is 4.79 Å². The number of hydrogen-bond acceptors (Lipinski definition) is 2. The summed E-state index contributed by atoms with van der Waals surface area (Å²) < 4.78 is 20.5. The zero-order chi connectivity index (χ0) is 18.0. The van der Waals surface area contributed by atoms with Crippen LogP contribution in [0.5, 0.6) is 5.75 Å². The Hall–Kier alpha value is -2.16. The predicted molar refractivity (Wildman–Crippen MR) is 101 cm³/mol. The predicted octanol–water partition coefficient (Wildman–Crippen LogP) is 6.19. The summed E-state index contributed by atoms with van der Waals surface area (Å²) in [5.74, 6) is 0.374. The lowest BCUT2D eigenvalue weighted by Gasteiger charge is -2.37. The van der Waals surface area contributed by atoms with E-state index in [1.54, 1.807) is 12.1 Å². The van der Waals surface area contributed by atoms with Crippen molar-refractivity contribution in [1.82, 2.24) is 0 Å². The van der Waals surface area contributed by atoms with Crippen LogP contribution >= 0.6 is 0 Å². The number of hydrogen-bond donors (Lipinski definition) is 0. The van der Waals surface area contributed by atoms with Crippen molar-refractivity contribution in [3.8, 4) is 16.9 Å². The molecule has 0 heterocycles. The van der Waals surface area contributed by atoms with Crippen LogP contribution in [0.4, 0.5) is 4.39 Å². The van der Waals surface area contributed by atoms with Crippen molar-refractivity contribution in [2.75, 3.05) is 0 Å². The first-order chi connectivity index (χ1) is 12.7. The molecule has 2 aliphatic rings. The third kappa shape index (κ3) is 3.40. The molecule has 3 heteroatoms. The molecule has 0 radical (unpaired) electrons. The van der Waals surface area contributed by atoms with Crippen LogP contribution in [-0.4, -0.2) is 12.4 Å². The molecular formula is C23H25FO2. The van der Waals surface area contributed by atoms with Crippen molar-refractivity contribution < 1.29 is 13.9 Å². The minimum atomic E-state index is -0.467. The Balaban J connectivity index is 1.42. The zero-order valence-electron chi connectivity index (χ0n) is 15.0. The van der Waals surface area contributed by atoms with Crippen LogP contribution < -0.4 is 4.74 Å². The van der Waals surface area contributed by atoms with E-state index in [0.717, 1.165) is 24.2 Å². The maximum absolute atomic E-state index is 14.3. The van der Waals surface area contributed by atoms with Crippen molar-refractivity contribution >= 4 is 6.29 Å². The molecule has 2 aliphatic carbocycles. The second-order valence-corrected chi connectivity index (χ2v) is 7.88. The van der Waals surface area contributed by atoms with Crippen LogP contribution in [0.25, 0.3) is 11.1 Å². The quantitative estimate of drug-likeness (QED) is 0.614. The standard InChI is InChI=1S/C23H25FO2/c24-22-18(16-25)4-3-5-21(22)17-6-8-19(9-7-17)26-20-10-14-23(15-11-20)12-1-2-13-23/h3-9,16,20H,1-2,10-15H2. The third-order valence-electron chi connectivity index (χ3n) is 6.28. The summed E-state index contributed by atoms with van der Waals surface area (Å²) in [4.78, 5) is 10.9. The summed E-state index contributed by atoms with van der Waals surface area (Å²) in [7, 11) is 0. The van der Waals surface area contributed by atoms with Crippen LogP contribution in [0.3, 0.4) is 0 Å². The van der Waals surface area contributed by atoms with E-state index >= 15 is 0 Å². The lowest BCUT2D eigenvalue weighted by Crippen LogP contribution is -2.30. The van der Waals surface area contributed by atoms with Crippen LogP contribution in [-0.2, 0) is 0 Å². The van der Waals surface area contributed by atoms with Gasteiger partial charge in [-0.2, -0.15) is 0 Å². The minimum absolute atomic E-state index is 0.0888. The van der Waals surface area contributed by atoms with Gasteiger partial charge in [0.05, 0.1) is 11.7 Å². The molecule has 0 bridgehead atoms. The number of aldehydes is 1. The first kappa shape index (κ1) is 17.3. The Morgan fingerprint density at radius 3 is 2.31 bits per heavy atom. The highest BCUT2D eigenvalue weighted by Crippen LogP contribution is 2.49. The van der Waals surface area contributed by atoms with E-state index in [2.05, 4.69) is 0 Å². The van der Waals surface area contributed by atoms with Crippen LogP contribution in [0, 0.1) is 11.2 Å². The fourth-order valence-corrected chi connectivity index (χ4v) is 4.72. The van der Waals surface area contributed by atoms with Gasteiger partial charge >= 0.3 is 0 Å². The topological polar surface area (TPSA) is 26.3 Å². The first-order valence-electron chi connectivity index (χ1n) is 9.70. The van der Waals surface area contributed by atoms with Gasteiger partial charge in [0.1, 0.15) is 11.6 Å². The van der Waals surface area contributed by atoms with E-state index < -0.39 is 5.82 Å². The van der Waals surface area contributed by atoms with Crippen LogP contribution in [0.2, 0.25) is 0 Å². The molecular weight excluding hydrogens is 327 g/mol. The molecule has 2 nitrogen and oxygen atoms in total. The maximum Gasteiger partial charge on any atom is 0.153 e. The molecule has 1 spiro atoms. The molecule has 2 saturated carbocycles. The second kappa shape index (κ2) is 7.22. The van der Waals surface area contributed by atoms with Crippen molar-refractivity contribution in [3.05, 3.63) is 53.8 Å². The molecule has 2 aromatic carbocycles. The van der Waals surface area contributed by atoms with E-state index in [0.29, 0.717) is 23.4 Å². The largest absolute Gasteiger partial charge is 0.490 e. The molecule has 26 heavy (non-hydrogen) atoms. The van der Waals surface area contributed by atoms with Gasteiger partial charge < -0.3 is 4.74 Å². The molecule has 0 amide bonds. The molecule has 4 rings (SSSR count). The maximum atomic E-state index is 14.3. The van der Waals surface area contributed by atoms with Crippen molar-refractivity contribution in [3.63, 3.8) is 0 Å². The molecule has 0 atom stereocenters. The van der Waals surface area contributed by atoms with E-state index in [1.807, 2.05) is 24.3 Å². The molecule has 136 valence electrons. The lowest BCUT2D eigenvalue weighted by molar-refractivity contribution is 0.0824. The van der Waals surface area contributed by atoms with Crippen molar-refractivity contribution in [1.29, 1.82) is 0 Å². The number of ether oxygens (including phenoxy) is 1. The van der Waals surface area contributed by atoms with Gasteiger partial charge in [0, 0.05) is 5.56 Å². The number of halogens is 1. The van der Waals surface area contributed by atoms with Gasteiger partial charge in [-0.25, -0.2) is 4.39 Å². The van der Waals surface area contributed by atoms with Gasteiger partial charge in [0.2, 0.25) is 0 Å². The summed E-state index contributed by atoms with van der Waals surface area (Å²) in [5, 5.41) is 0. The molecule has 0 unspecified atom stereocenters. The molecule has 2 aromatic rings. The van der Waals surface area contributed by atoms with Gasteiger partial charge in [-0.05, 0) is 67.7 Å². The summed E-state index contributed by atoms with van der Waals surface area (Å²) in [5.41, 5.74) is 1.91. The normalized spacial score (nSPS) is 19.6. The summed E-state index contributed by atoms with van der Waals surface area (Å²) in [6.07, 6.45) is 11.3. The number of rotatable bonds is 4. The Morgan fingerprint density at radius 2 is 1.65 bits per heavy atom. The molecule has 0 aliphatic heterocycles. The lowest BCUT2D eigenvalue weighted by atomic mass is 9.72. The monoisotopic (exact) mass is 352 g/mol. The van der Waals surface area contributed by atoms with Crippen LogP contribution in [0.15, 0.2) is 42.5 Å². The summed E-state index contributed by atoms with van der Waals surface area (Å²) in [6, 6.07) is 12.4. The highest BCUT2D eigenvalue weighted by Gasteiger charge is 2.38. The highest BCUT2D eigenvalue weighted by molar-refractivity contribution is 5.79. The fraction of sp³-hybridized carbons (Fsp3) is 0.435. The van der Waals surface area contributed by atoms with Crippen molar-refractivity contribution in [2.24, 2.45) is 5.41 Å². The SMILES string of the molecule is O=Cc1cccc(-c2ccc(OC3CCC4(CCCC4)CC3)cc2)c1F. The van der Waals surface area contributed by atoms with Gasteiger partial charge in [0.15, 0.2) is 6.29 Å². The number of carbonyl (C=O) groups is 1. The molecule has 0 aromatic heterocycles. The first-order valence-corrected chi connectivity index (χ1v) is 9.70. The van der Waals surface area contributed by atoms with E-state index in [9.17, 15) is 9.18 Å². The zero-order valence-corrected chi connectivity index (χ0v) is 15.0. The minimum Gasteiger partial charge on any atom is -0.490 e. The highest BCUT2D eigenvalue weighted by atomic mass is 19.1. The average Bonchev–Trinajstić information content (AvgIpc) is 3.13. The van der Waals surface area contributed by atoms with E-state index in [4.69, 9.17) is 4.74 Å². The molecule has 0 saturated heterocycles. The summed E-state index contributed by atoms with van der Waals surface area (Å²) in [6.45, 7) is 0. The summed E-state index contributed by atoms with van der Waals surface area (Å²) >= 11 is 0. The van der Waals surface area contributed by atoms with E-state index in [1.165, 1.54) is 44.6 Å². The molecule has 2 fully saturated rings. The Labute approximate surface area is 154 Å². The average molecular weight is 352 g/mol. The van der Waals surface area contributed by atoms with Crippen molar-refractivity contribution in [2.45, 2.75) is 57.5 Å². The number of benzene rings is 2. The van der Waals surface area contributed by atoms with Gasteiger partial charge in [-0.15, -0.1) is 0 Å². The second-order valence-electron chi connectivity index (χ2n) is 7.88. The van der Waals surface area contributed by atoms with Gasteiger partial charge in [-0.1, -0.05) is 37.1 Å². The Morgan fingerprint density at radius 1 is 0.962 bits per heavy atom. The fourth-order valence-electron chi connectivity index (χ4n) is 4.72. The smallest absolute Gasteiger partial charge is 0.153 e. The van der Waals surface area contributed by atoms with E-state index in [-0.39, 0.29) is 5.56 Å². The number of carbonyl (C=O) groups excluding carboxylic acids is 1. The van der Waals surface area contributed by atoms with Gasteiger partial charge in [0.25, 0.3) is 0 Å². The molecule has 0 N–H and O–H groups in total. The Bertz CT molecular complexity index is 765. The third-order valence-corrected chi connectivity index (χ3v) is 6.28. The van der Waals surface area contributed by atoms with Crippen LogP contribution in [0.1, 0.15) is 61.7 Å². The Kier molecular flexibility index (Phi) is 4.80.